The predicted molar refractivity (Wildman–Crippen MR) is 57.9 cm³/mol. The third-order valence-electron chi connectivity index (χ3n) is 2.27. The van der Waals surface area contributed by atoms with Gasteiger partial charge in [0.05, 0.1) is 5.39 Å². The Balaban J connectivity index is 2.48. The number of hydrogen-bond donors (Lipinski definition) is 1. The molecule has 0 bridgehead atoms. The average Bonchev–Trinajstić information content (AvgIpc) is 2.26. The number of aliphatic hydroxyl groups is 1. The highest BCUT2D eigenvalue weighted by atomic mass is 16.3. The normalized spacial score (nSPS) is 10.7. The summed E-state index contributed by atoms with van der Waals surface area (Å²) in [6.45, 7) is 0.108. The minimum atomic E-state index is -0.0233. The molecule has 0 aliphatic heterocycles. The van der Waals surface area contributed by atoms with E-state index >= 15 is 0 Å². The Bertz CT molecular complexity index is 514. The van der Waals surface area contributed by atoms with Gasteiger partial charge in [-0.3, -0.25) is 4.79 Å². The molecule has 0 amide bonds. The molecular formula is C12H12O3. The van der Waals surface area contributed by atoms with Crippen molar-refractivity contribution in [2.45, 2.75) is 12.8 Å². The Morgan fingerprint density at radius 1 is 1.27 bits per heavy atom. The van der Waals surface area contributed by atoms with E-state index in [0.717, 1.165) is 0 Å². The van der Waals surface area contributed by atoms with Crippen LogP contribution < -0.4 is 5.43 Å². The standard InChI is InChI=1S/C12H12O3/c13-7-3-4-9-8-11(14)10-5-1-2-6-12(10)15-9/h1-2,5-6,8,13H,3-4,7H2. The number of para-hydroxylation sites is 1. The summed E-state index contributed by atoms with van der Waals surface area (Å²) < 4.78 is 5.53. The molecular weight excluding hydrogens is 192 g/mol. The van der Waals surface area contributed by atoms with Crippen LogP contribution in [0.2, 0.25) is 0 Å². The van der Waals surface area contributed by atoms with Gasteiger partial charge in [0.1, 0.15) is 11.3 Å². The van der Waals surface area contributed by atoms with Crippen molar-refractivity contribution in [1.29, 1.82) is 0 Å². The molecule has 1 N–H and O–H groups in total. The second-order valence-corrected chi connectivity index (χ2v) is 3.40. The molecule has 0 fully saturated rings. The van der Waals surface area contributed by atoms with Crippen LogP contribution in [0.25, 0.3) is 11.0 Å². The largest absolute Gasteiger partial charge is 0.461 e. The Kier molecular flexibility index (Phi) is 2.83. The maximum atomic E-state index is 11.6. The van der Waals surface area contributed by atoms with E-state index in [-0.39, 0.29) is 12.0 Å². The van der Waals surface area contributed by atoms with E-state index in [1.54, 1.807) is 12.1 Å². The lowest BCUT2D eigenvalue weighted by Crippen LogP contribution is -2.02. The number of aliphatic hydroxyl groups excluding tert-OH is 1. The first kappa shape index (κ1) is 9.93. The smallest absolute Gasteiger partial charge is 0.192 e. The SMILES string of the molecule is O=c1cc(CCCO)oc2ccccc12. The minimum Gasteiger partial charge on any atom is -0.461 e. The van der Waals surface area contributed by atoms with Crippen LogP contribution in [0.3, 0.4) is 0 Å². The van der Waals surface area contributed by atoms with Crippen LogP contribution in [-0.4, -0.2) is 11.7 Å². The van der Waals surface area contributed by atoms with Crippen molar-refractivity contribution in [3.8, 4) is 0 Å². The average molecular weight is 204 g/mol. The van der Waals surface area contributed by atoms with Crippen molar-refractivity contribution in [3.63, 3.8) is 0 Å². The van der Waals surface area contributed by atoms with Gasteiger partial charge in [0, 0.05) is 19.1 Å². The van der Waals surface area contributed by atoms with Gasteiger partial charge in [0.25, 0.3) is 0 Å². The minimum absolute atomic E-state index is 0.0233. The van der Waals surface area contributed by atoms with Crippen molar-refractivity contribution in [3.05, 3.63) is 46.3 Å². The van der Waals surface area contributed by atoms with Crippen molar-refractivity contribution in [2.75, 3.05) is 6.61 Å². The summed E-state index contributed by atoms with van der Waals surface area (Å²) >= 11 is 0. The molecule has 78 valence electrons. The fraction of sp³-hybridized carbons (Fsp3) is 0.250. The van der Waals surface area contributed by atoms with Crippen LogP contribution in [0.15, 0.2) is 39.5 Å². The van der Waals surface area contributed by atoms with E-state index < -0.39 is 0 Å². The molecule has 0 atom stereocenters. The molecule has 0 saturated carbocycles. The maximum absolute atomic E-state index is 11.6. The van der Waals surface area contributed by atoms with Gasteiger partial charge >= 0.3 is 0 Å². The van der Waals surface area contributed by atoms with Gasteiger partial charge in [-0.05, 0) is 18.6 Å². The van der Waals surface area contributed by atoms with E-state index in [1.165, 1.54) is 6.07 Å². The Labute approximate surface area is 87.0 Å². The molecule has 0 spiro atoms. The van der Waals surface area contributed by atoms with Gasteiger partial charge in [-0.1, -0.05) is 12.1 Å². The van der Waals surface area contributed by atoms with Gasteiger partial charge < -0.3 is 9.52 Å². The third kappa shape index (κ3) is 2.07. The predicted octanol–water partition coefficient (Wildman–Crippen LogP) is 1.72. The van der Waals surface area contributed by atoms with Crippen LogP contribution in [0.5, 0.6) is 0 Å². The fourth-order valence-electron chi connectivity index (χ4n) is 1.53. The van der Waals surface area contributed by atoms with Crippen LogP contribution >= 0.6 is 0 Å². The van der Waals surface area contributed by atoms with Crippen LogP contribution in [0.1, 0.15) is 12.2 Å². The maximum Gasteiger partial charge on any atom is 0.192 e. The summed E-state index contributed by atoms with van der Waals surface area (Å²) in [6, 6.07) is 8.67. The zero-order valence-corrected chi connectivity index (χ0v) is 8.27. The molecule has 3 nitrogen and oxygen atoms in total. The topological polar surface area (TPSA) is 50.4 Å². The quantitative estimate of drug-likeness (QED) is 0.828. The van der Waals surface area contributed by atoms with E-state index in [4.69, 9.17) is 9.52 Å². The number of rotatable bonds is 3. The van der Waals surface area contributed by atoms with Crippen LogP contribution in [0, 0.1) is 0 Å². The Morgan fingerprint density at radius 2 is 2.07 bits per heavy atom. The molecule has 3 heteroatoms. The highest BCUT2D eigenvalue weighted by Gasteiger charge is 2.03. The molecule has 1 aromatic carbocycles. The molecule has 0 aliphatic carbocycles. The summed E-state index contributed by atoms with van der Waals surface area (Å²) in [5.41, 5.74) is 0.586. The molecule has 2 rings (SSSR count). The molecule has 0 aliphatic rings. The van der Waals surface area contributed by atoms with Gasteiger partial charge in [-0.2, -0.15) is 0 Å². The Hall–Kier alpha value is -1.61. The van der Waals surface area contributed by atoms with Gasteiger partial charge in [0.15, 0.2) is 5.43 Å². The highest BCUT2D eigenvalue weighted by molar-refractivity contribution is 5.76. The molecule has 0 unspecified atom stereocenters. The van der Waals surface area contributed by atoms with Crippen molar-refractivity contribution in [2.24, 2.45) is 0 Å². The van der Waals surface area contributed by atoms with E-state index in [2.05, 4.69) is 0 Å². The third-order valence-corrected chi connectivity index (χ3v) is 2.27. The van der Waals surface area contributed by atoms with Gasteiger partial charge in [0.2, 0.25) is 0 Å². The molecule has 2 aromatic rings. The second-order valence-electron chi connectivity index (χ2n) is 3.40. The zero-order chi connectivity index (χ0) is 10.7. The monoisotopic (exact) mass is 204 g/mol. The second kappa shape index (κ2) is 4.28. The summed E-state index contributed by atoms with van der Waals surface area (Å²) in [7, 11) is 0. The summed E-state index contributed by atoms with van der Waals surface area (Å²) in [6.07, 6.45) is 1.21. The lowest BCUT2D eigenvalue weighted by Gasteiger charge is -2.01. The van der Waals surface area contributed by atoms with Crippen molar-refractivity contribution >= 4 is 11.0 Å². The summed E-state index contributed by atoms with van der Waals surface area (Å²) in [5.74, 6) is 0.632. The van der Waals surface area contributed by atoms with E-state index in [0.29, 0.717) is 29.6 Å². The van der Waals surface area contributed by atoms with E-state index in [9.17, 15) is 4.79 Å². The number of fused-ring (bicyclic) bond motifs is 1. The van der Waals surface area contributed by atoms with Gasteiger partial charge in [-0.15, -0.1) is 0 Å². The first-order valence-corrected chi connectivity index (χ1v) is 4.94. The first-order chi connectivity index (χ1) is 7.31. The van der Waals surface area contributed by atoms with Crippen LogP contribution in [0.4, 0.5) is 0 Å². The lowest BCUT2D eigenvalue weighted by atomic mass is 10.2. The number of hydrogen-bond acceptors (Lipinski definition) is 3. The fourth-order valence-corrected chi connectivity index (χ4v) is 1.53. The molecule has 1 heterocycles. The number of benzene rings is 1. The molecule has 15 heavy (non-hydrogen) atoms. The van der Waals surface area contributed by atoms with E-state index in [1.807, 2.05) is 12.1 Å². The van der Waals surface area contributed by atoms with Gasteiger partial charge in [-0.25, -0.2) is 0 Å². The molecule has 1 aromatic heterocycles. The van der Waals surface area contributed by atoms with Crippen molar-refractivity contribution in [1.82, 2.24) is 0 Å². The number of aryl methyl sites for hydroxylation is 1. The summed E-state index contributed by atoms with van der Waals surface area (Å²) in [4.78, 5) is 11.6. The molecule has 0 radical (unpaired) electrons. The highest BCUT2D eigenvalue weighted by Crippen LogP contribution is 2.12. The zero-order valence-electron chi connectivity index (χ0n) is 8.27. The summed E-state index contributed by atoms with van der Waals surface area (Å²) in [5, 5.41) is 9.29. The lowest BCUT2D eigenvalue weighted by molar-refractivity contribution is 0.284. The van der Waals surface area contributed by atoms with Crippen LogP contribution in [-0.2, 0) is 6.42 Å². The van der Waals surface area contributed by atoms with Crippen molar-refractivity contribution < 1.29 is 9.52 Å². The molecule has 0 saturated heterocycles. The Morgan fingerprint density at radius 3 is 2.87 bits per heavy atom. The first-order valence-electron chi connectivity index (χ1n) is 4.94.